The highest BCUT2D eigenvalue weighted by atomic mass is 32.2. The van der Waals surface area contributed by atoms with Crippen LogP contribution in [0.15, 0.2) is 34.3 Å². The highest BCUT2D eigenvalue weighted by Crippen LogP contribution is 2.34. The number of carbonyl (C=O) groups excluding carboxylic acids is 1. The minimum atomic E-state index is -0.578. The Morgan fingerprint density at radius 3 is 2.40 bits per heavy atom. The quantitative estimate of drug-likeness (QED) is 0.374. The third-order valence-corrected chi connectivity index (χ3v) is 3.19. The molecule has 102 valence electrons. The molecule has 0 aliphatic heterocycles. The first kappa shape index (κ1) is 13.7. The Kier molecular flexibility index (Phi) is 3.80. The molecule has 1 aromatic heterocycles. The average molecular weight is 291 g/mol. The fraction of sp³-hybridized carbons (Fsp3) is 0. The first-order valence-corrected chi connectivity index (χ1v) is 6.13. The molecular formula is C11H9N5O3S. The van der Waals surface area contributed by atoms with Gasteiger partial charge in [0.25, 0.3) is 5.69 Å². The number of hydrogen-bond donors (Lipinski definition) is 2. The molecule has 1 aromatic carbocycles. The van der Waals surface area contributed by atoms with E-state index in [9.17, 15) is 14.9 Å². The normalized spacial score (nSPS) is 10.2. The van der Waals surface area contributed by atoms with E-state index < -0.39 is 4.92 Å². The summed E-state index contributed by atoms with van der Waals surface area (Å²) in [5, 5.41) is 11.2. The number of benzene rings is 1. The van der Waals surface area contributed by atoms with Crippen molar-refractivity contribution in [3.8, 4) is 0 Å². The van der Waals surface area contributed by atoms with Crippen LogP contribution in [0.1, 0.15) is 10.4 Å². The van der Waals surface area contributed by atoms with Gasteiger partial charge in [-0.15, -0.1) is 0 Å². The lowest BCUT2D eigenvalue weighted by atomic mass is 10.2. The number of aromatic nitrogens is 2. The summed E-state index contributed by atoms with van der Waals surface area (Å²) in [4.78, 5) is 29.2. The Labute approximate surface area is 117 Å². The largest absolute Gasteiger partial charge is 0.383 e. The van der Waals surface area contributed by atoms with E-state index >= 15 is 0 Å². The second-order valence-electron chi connectivity index (χ2n) is 3.70. The fourth-order valence-electron chi connectivity index (χ4n) is 1.44. The summed E-state index contributed by atoms with van der Waals surface area (Å²) < 4.78 is 0. The number of nitro groups is 1. The third-order valence-electron chi connectivity index (χ3n) is 2.26. The predicted octanol–water partition coefficient (Wildman–Crippen LogP) is 1.51. The van der Waals surface area contributed by atoms with Gasteiger partial charge in [0.05, 0.1) is 9.82 Å². The SMILES string of the molecule is Nc1cc(N)nc(Sc2ccc(C=O)cc2[N+](=O)[O-])n1. The van der Waals surface area contributed by atoms with Crippen LogP contribution in [0.4, 0.5) is 17.3 Å². The van der Waals surface area contributed by atoms with Crippen LogP contribution in [-0.4, -0.2) is 21.2 Å². The lowest BCUT2D eigenvalue weighted by molar-refractivity contribution is -0.387. The highest BCUT2D eigenvalue weighted by molar-refractivity contribution is 7.99. The number of aldehydes is 1. The van der Waals surface area contributed by atoms with Crippen LogP contribution in [0, 0.1) is 10.1 Å². The van der Waals surface area contributed by atoms with E-state index in [0.29, 0.717) is 11.2 Å². The van der Waals surface area contributed by atoms with Gasteiger partial charge in [0.15, 0.2) is 5.16 Å². The molecular weight excluding hydrogens is 282 g/mol. The first-order valence-electron chi connectivity index (χ1n) is 5.31. The van der Waals surface area contributed by atoms with Crippen molar-refractivity contribution >= 4 is 35.4 Å². The van der Waals surface area contributed by atoms with E-state index in [-0.39, 0.29) is 28.0 Å². The third kappa shape index (κ3) is 3.01. The van der Waals surface area contributed by atoms with Gasteiger partial charge in [0.1, 0.15) is 17.9 Å². The zero-order valence-corrected chi connectivity index (χ0v) is 10.8. The average Bonchev–Trinajstić information content (AvgIpc) is 2.37. The number of hydrogen-bond acceptors (Lipinski definition) is 8. The maximum Gasteiger partial charge on any atom is 0.284 e. The minimum absolute atomic E-state index is 0.173. The second kappa shape index (κ2) is 5.53. The van der Waals surface area contributed by atoms with Crippen molar-refractivity contribution in [3.05, 3.63) is 39.9 Å². The molecule has 0 saturated carbocycles. The molecule has 0 spiro atoms. The molecule has 4 N–H and O–H groups in total. The van der Waals surface area contributed by atoms with E-state index in [1.807, 2.05) is 0 Å². The Morgan fingerprint density at radius 1 is 1.20 bits per heavy atom. The zero-order valence-electron chi connectivity index (χ0n) is 10.0. The maximum absolute atomic E-state index is 11.0. The van der Waals surface area contributed by atoms with Gasteiger partial charge in [-0.3, -0.25) is 14.9 Å². The van der Waals surface area contributed by atoms with Crippen molar-refractivity contribution in [3.63, 3.8) is 0 Å². The van der Waals surface area contributed by atoms with Crippen molar-refractivity contribution in [2.24, 2.45) is 0 Å². The molecule has 0 atom stereocenters. The standard InChI is InChI=1S/C11H9N5O3S/c12-9-4-10(13)15-11(14-9)20-8-2-1-6(5-17)3-7(8)16(18)19/h1-5H,(H4,12,13,14,15). The first-order chi connectivity index (χ1) is 9.49. The molecule has 0 unspecified atom stereocenters. The molecule has 2 aromatic rings. The van der Waals surface area contributed by atoms with Crippen LogP contribution in [0.2, 0.25) is 0 Å². The number of anilines is 2. The van der Waals surface area contributed by atoms with Gasteiger partial charge < -0.3 is 11.5 Å². The smallest absolute Gasteiger partial charge is 0.284 e. The van der Waals surface area contributed by atoms with Gasteiger partial charge in [-0.25, -0.2) is 9.97 Å². The van der Waals surface area contributed by atoms with Gasteiger partial charge in [0, 0.05) is 17.7 Å². The molecule has 9 heteroatoms. The van der Waals surface area contributed by atoms with E-state index in [1.54, 1.807) is 0 Å². The van der Waals surface area contributed by atoms with Crippen molar-refractivity contribution in [1.82, 2.24) is 9.97 Å². The van der Waals surface area contributed by atoms with Crippen LogP contribution in [0.3, 0.4) is 0 Å². The molecule has 20 heavy (non-hydrogen) atoms. The summed E-state index contributed by atoms with van der Waals surface area (Å²) >= 11 is 0.950. The topological polar surface area (TPSA) is 138 Å². The van der Waals surface area contributed by atoms with Gasteiger partial charge >= 0.3 is 0 Å². The summed E-state index contributed by atoms with van der Waals surface area (Å²) in [6.07, 6.45) is 0.538. The predicted molar refractivity (Wildman–Crippen MR) is 73.5 cm³/mol. The van der Waals surface area contributed by atoms with Crippen LogP contribution >= 0.6 is 11.8 Å². The highest BCUT2D eigenvalue weighted by Gasteiger charge is 2.17. The van der Waals surface area contributed by atoms with Crippen molar-refractivity contribution in [1.29, 1.82) is 0 Å². The van der Waals surface area contributed by atoms with Crippen LogP contribution in [-0.2, 0) is 0 Å². The molecule has 8 nitrogen and oxygen atoms in total. The van der Waals surface area contributed by atoms with E-state index in [4.69, 9.17) is 11.5 Å². The van der Waals surface area contributed by atoms with Gasteiger partial charge in [-0.1, -0.05) is 6.07 Å². The van der Waals surface area contributed by atoms with E-state index in [2.05, 4.69) is 9.97 Å². The molecule has 0 aliphatic carbocycles. The number of nitro benzene ring substituents is 1. The van der Waals surface area contributed by atoms with Crippen molar-refractivity contribution in [2.45, 2.75) is 10.1 Å². The van der Waals surface area contributed by atoms with Crippen LogP contribution in [0.25, 0.3) is 0 Å². The molecule has 1 heterocycles. The van der Waals surface area contributed by atoms with Gasteiger partial charge in [-0.2, -0.15) is 0 Å². The van der Waals surface area contributed by atoms with Gasteiger partial charge in [-0.05, 0) is 17.8 Å². The summed E-state index contributed by atoms with van der Waals surface area (Å²) in [6, 6.07) is 5.49. The van der Waals surface area contributed by atoms with Crippen molar-refractivity contribution < 1.29 is 9.72 Å². The molecule has 0 bridgehead atoms. The molecule has 0 aliphatic rings. The Hall–Kier alpha value is -2.68. The second-order valence-corrected chi connectivity index (χ2v) is 4.71. The number of rotatable bonds is 4. The minimum Gasteiger partial charge on any atom is -0.383 e. The summed E-state index contributed by atoms with van der Waals surface area (Å²) in [6.45, 7) is 0. The van der Waals surface area contributed by atoms with Gasteiger partial charge in [0.2, 0.25) is 0 Å². The zero-order chi connectivity index (χ0) is 14.7. The molecule has 0 fully saturated rings. The number of nitrogen functional groups attached to an aromatic ring is 2. The lowest BCUT2D eigenvalue weighted by Gasteiger charge is -2.04. The summed E-state index contributed by atoms with van der Waals surface area (Å²) in [7, 11) is 0. The molecule has 0 radical (unpaired) electrons. The van der Waals surface area contributed by atoms with E-state index in [1.165, 1.54) is 24.3 Å². The lowest BCUT2D eigenvalue weighted by Crippen LogP contribution is -1.99. The van der Waals surface area contributed by atoms with Crippen LogP contribution < -0.4 is 11.5 Å². The number of nitrogens with zero attached hydrogens (tertiary/aromatic N) is 3. The van der Waals surface area contributed by atoms with Crippen LogP contribution in [0.5, 0.6) is 0 Å². The molecule has 0 saturated heterocycles. The summed E-state index contributed by atoms with van der Waals surface area (Å²) in [5.41, 5.74) is 11.1. The van der Waals surface area contributed by atoms with E-state index in [0.717, 1.165) is 11.8 Å². The maximum atomic E-state index is 11.0. The van der Waals surface area contributed by atoms with Crippen molar-refractivity contribution in [2.75, 3.05) is 11.5 Å². The fourth-order valence-corrected chi connectivity index (χ4v) is 2.32. The summed E-state index contributed by atoms with van der Waals surface area (Å²) in [5.74, 6) is 0.347. The Morgan fingerprint density at radius 2 is 1.85 bits per heavy atom. The number of nitrogens with two attached hydrogens (primary N) is 2. The Balaban J connectivity index is 2.42. The monoisotopic (exact) mass is 291 g/mol. The molecule has 2 rings (SSSR count). The molecule has 0 amide bonds. The number of carbonyl (C=O) groups is 1. The Bertz CT molecular complexity index is 672.